The number of piperidine rings is 2. The van der Waals surface area contributed by atoms with E-state index < -0.39 is 35.5 Å². The molecule has 6 amide bonds. The van der Waals surface area contributed by atoms with Crippen LogP contribution in [0.1, 0.15) is 46.4 Å². The summed E-state index contributed by atoms with van der Waals surface area (Å²) in [4.78, 5) is 88.1. The van der Waals surface area contributed by atoms with Crippen LogP contribution in [0.25, 0.3) is 10.9 Å². The molecule has 1 unspecified atom stereocenters. The Balaban J connectivity index is 0.666. The molecule has 0 saturated carbocycles. The molecule has 1 aromatic heterocycles. The molecule has 3 aliphatic heterocycles. The number of nitrogens with zero attached hydrogens (tertiary/aromatic N) is 4. The number of benzene rings is 3. The molecule has 384 valence electrons. The molecule has 0 bridgehead atoms. The van der Waals surface area contributed by atoms with Gasteiger partial charge in [-0.3, -0.25) is 43.9 Å². The number of carbonyl (C=O) groups is 6. The lowest BCUT2D eigenvalue weighted by atomic mass is 10.0. The summed E-state index contributed by atoms with van der Waals surface area (Å²) in [5.41, 5.74) is 2.02. The van der Waals surface area contributed by atoms with Gasteiger partial charge in [-0.25, -0.2) is 14.4 Å². The summed E-state index contributed by atoms with van der Waals surface area (Å²) in [5, 5.41) is 11.8. The van der Waals surface area contributed by atoms with Gasteiger partial charge in [0.1, 0.15) is 36.4 Å². The zero-order chi connectivity index (χ0) is 50.8. The number of nitrogens with one attached hydrogen (secondary N) is 4. The fourth-order valence-corrected chi connectivity index (χ4v) is 9.15. The topological polar surface area (TPSA) is 238 Å². The van der Waals surface area contributed by atoms with Gasteiger partial charge in [-0.2, -0.15) is 0 Å². The predicted molar refractivity (Wildman–Crippen MR) is 264 cm³/mol. The molecule has 3 aliphatic rings. The summed E-state index contributed by atoms with van der Waals surface area (Å²) in [6.45, 7) is 5.15. The number of fused-ring (bicyclic) bond motifs is 2. The van der Waals surface area contributed by atoms with Gasteiger partial charge in [0.05, 0.1) is 93.9 Å². The first-order valence-electron chi connectivity index (χ1n) is 23.4. The van der Waals surface area contributed by atoms with Gasteiger partial charge in [0, 0.05) is 66.0 Å². The molecule has 0 spiro atoms. The Labute approximate surface area is 424 Å². The second-order valence-electron chi connectivity index (χ2n) is 16.6. The molecular formula is C49H56ClFN8O12S. The molecule has 2 fully saturated rings. The largest absolute Gasteiger partial charge is 0.494 e. The number of amides is 6. The van der Waals surface area contributed by atoms with Gasteiger partial charge >= 0.3 is 0 Å². The van der Waals surface area contributed by atoms with Gasteiger partial charge in [0.25, 0.3) is 11.8 Å². The van der Waals surface area contributed by atoms with E-state index in [2.05, 4.69) is 36.1 Å². The second kappa shape index (κ2) is 27.1. The first-order chi connectivity index (χ1) is 35.0. The van der Waals surface area contributed by atoms with Crippen molar-refractivity contribution in [3.05, 3.63) is 89.0 Å². The molecule has 0 radical (unpaired) electrons. The highest BCUT2D eigenvalue weighted by Gasteiger charge is 2.45. The van der Waals surface area contributed by atoms with Crippen molar-refractivity contribution in [3.8, 4) is 5.75 Å². The number of thioether (sulfide) groups is 1. The van der Waals surface area contributed by atoms with Crippen molar-refractivity contribution < 1.29 is 61.6 Å². The number of methoxy groups -OCH3 is 1. The normalized spacial score (nSPS) is 16.4. The summed E-state index contributed by atoms with van der Waals surface area (Å²) in [7, 11) is 1.50. The van der Waals surface area contributed by atoms with E-state index in [4.69, 9.17) is 40.0 Å². The van der Waals surface area contributed by atoms with Crippen LogP contribution in [0.4, 0.5) is 21.6 Å². The maximum absolute atomic E-state index is 13.7. The zero-order valence-electron chi connectivity index (χ0n) is 39.6. The van der Waals surface area contributed by atoms with Crippen molar-refractivity contribution >= 4 is 86.9 Å². The molecule has 4 aromatic rings. The minimum atomic E-state index is -1.01. The number of anilines is 3. The van der Waals surface area contributed by atoms with E-state index in [-0.39, 0.29) is 60.1 Å². The smallest absolute Gasteiger partial charge is 0.263 e. The molecule has 4 heterocycles. The van der Waals surface area contributed by atoms with Crippen molar-refractivity contribution in [2.45, 2.75) is 42.7 Å². The van der Waals surface area contributed by atoms with Crippen LogP contribution < -0.4 is 26.0 Å². The van der Waals surface area contributed by atoms with Crippen LogP contribution >= 0.6 is 23.4 Å². The molecule has 0 aliphatic carbocycles. The number of ether oxygens (including phenoxy) is 6. The quantitative estimate of drug-likeness (QED) is 0.0278. The number of likely N-dealkylation sites (tertiary alicyclic amines) is 1. The average molecular weight is 1040 g/mol. The van der Waals surface area contributed by atoms with Crippen LogP contribution in [0.15, 0.2) is 71.9 Å². The number of hydrogen-bond donors (Lipinski definition) is 4. The van der Waals surface area contributed by atoms with Crippen LogP contribution in [0.3, 0.4) is 0 Å². The third-order valence-electron chi connectivity index (χ3n) is 11.6. The average Bonchev–Trinajstić information content (AvgIpc) is 3.62. The Kier molecular flexibility index (Phi) is 20.2. The van der Waals surface area contributed by atoms with Crippen LogP contribution in [0.5, 0.6) is 5.75 Å². The van der Waals surface area contributed by atoms with Crippen molar-refractivity contribution in [1.29, 1.82) is 0 Å². The van der Waals surface area contributed by atoms with E-state index in [0.717, 1.165) is 30.8 Å². The molecule has 2 saturated heterocycles. The maximum Gasteiger partial charge on any atom is 0.263 e. The molecule has 1 atom stereocenters. The van der Waals surface area contributed by atoms with Gasteiger partial charge in [-0.15, -0.1) is 11.8 Å². The van der Waals surface area contributed by atoms with Gasteiger partial charge in [0.2, 0.25) is 23.6 Å². The van der Waals surface area contributed by atoms with Gasteiger partial charge in [0.15, 0.2) is 0 Å². The number of carbonyl (C=O) groups excluding carboxylic acids is 6. The van der Waals surface area contributed by atoms with Crippen molar-refractivity contribution in [1.82, 2.24) is 30.4 Å². The number of rotatable bonds is 27. The maximum atomic E-state index is 13.7. The molecular weight excluding hydrogens is 979 g/mol. The summed E-state index contributed by atoms with van der Waals surface area (Å²) in [5.74, 6) is -1.85. The Morgan fingerprint density at radius 1 is 0.875 bits per heavy atom. The Hall–Kier alpha value is -6.11. The molecule has 23 heteroatoms. The first kappa shape index (κ1) is 53.7. The van der Waals surface area contributed by atoms with E-state index >= 15 is 0 Å². The molecule has 20 nitrogen and oxygen atoms in total. The van der Waals surface area contributed by atoms with Crippen molar-refractivity contribution in [2.24, 2.45) is 0 Å². The fraction of sp³-hybridized carbons (Fsp3) is 0.429. The highest BCUT2D eigenvalue weighted by Crippen LogP contribution is 2.36. The van der Waals surface area contributed by atoms with E-state index in [1.807, 2.05) is 0 Å². The minimum absolute atomic E-state index is 0.0249. The predicted octanol–water partition coefficient (Wildman–Crippen LogP) is 4.53. The SMILES string of the molecule is COc1cc2ncnc(Nc3ccc(F)c(Cl)c3)c2cc1NC(=O)/C=C/CN1CCC(NC(=O)COCCOCCOCCOCCOCCSc2cccc3c2C(=O)N(C2CCC(=O)NC2=O)C3=O)CC1. The summed E-state index contributed by atoms with van der Waals surface area (Å²) in [6.07, 6.45) is 6.32. The number of aromatic nitrogens is 2. The Morgan fingerprint density at radius 2 is 1.58 bits per heavy atom. The van der Waals surface area contributed by atoms with Crippen molar-refractivity contribution in [3.63, 3.8) is 0 Å². The molecule has 4 N–H and O–H groups in total. The van der Waals surface area contributed by atoms with E-state index in [1.54, 1.807) is 36.4 Å². The highest BCUT2D eigenvalue weighted by molar-refractivity contribution is 7.99. The standard InChI is InChI=1S/C49H56ClFN8O12S/c1-66-40-28-37-34(46(53-30-52-37)55-32-7-8-36(51)35(50)26-32)27-38(40)56-42(60)6-3-13-58-14-11-31(12-15-58)54-44(62)29-71-23-22-69-19-18-67-16-17-68-20-21-70-24-25-72-41-5-2-4-33-45(41)49(65)59(48(33)64)39-9-10-43(61)57-47(39)63/h2-8,26-28,30-31,39H,9-25,29H2,1H3,(H,54,62)(H,56,60)(H,52,53,55)(H,57,61,63)/b6-3+. The third kappa shape index (κ3) is 15.0. The van der Waals surface area contributed by atoms with Gasteiger partial charge < -0.3 is 44.4 Å². The molecule has 72 heavy (non-hydrogen) atoms. The first-order valence-corrected chi connectivity index (χ1v) is 24.8. The van der Waals surface area contributed by atoms with Gasteiger partial charge in [-0.05, 0) is 55.7 Å². The van der Waals surface area contributed by atoms with E-state index in [0.29, 0.717) is 104 Å². The summed E-state index contributed by atoms with van der Waals surface area (Å²) in [6, 6.07) is 11.7. The van der Waals surface area contributed by atoms with E-state index in [9.17, 15) is 33.2 Å². The Morgan fingerprint density at radius 3 is 2.28 bits per heavy atom. The monoisotopic (exact) mass is 1030 g/mol. The number of hydrogen-bond acceptors (Lipinski definition) is 17. The van der Waals surface area contributed by atoms with Crippen molar-refractivity contribution in [2.75, 3.05) is 109 Å². The summed E-state index contributed by atoms with van der Waals surface area (Å²) >= 11 is 7.33. The molecule has 3 aromatic carbocycles. The number of halogens is 2. The van der Waals surface area contributed by atoms with Crippen LogP contribution in [0, 0.1) is 5.82 Å². The third-order valence-corrected chi connectivity index (χ3v) is 12.9. The van der Waals surface area contributed by atoms with Crippen LogP contribution in [0.2, 0.25) is 5.02 Å². The van der Waals surface area contributed by atoms with Crippen LogP contribution in [-0.4, -0.2) is 166 Å². The lowest BCUT2D eigenvalue weighted by Gasteiger charge is -2.31. The zero-order valence-corrected chi connectivity index (χ0v) is 41.2. The second-order valence-corrected chi connectivity index (χ2v) is 18.1. The summed E-state index contributed by atoms with van der Waals surface area (Å²) < 4.78 is 47.0. The lowest BCUT2D eigenvalue weighted by molar-refractivity contribution is -0.136. The van der Waals surface area contributed by atoms with Crippen LogP contribution in [-0.2, 0) is 42.9 Å². The lowest BCUT2D eigenvalue weighted by Crippen LogP contribution is -2.54. The van der Waals surface area contributed by atoms with E-state index in [1.165, 1.54) is 49.5 Å². The highest BCUT2D eigenvalue weighted by atomic mass is 35.5. The minimum Gasteiger partial charge on any atom is -0.494 e. The molecule has 7 rings (SSSR count). The number of imide groups is 2. The Bertz CT molecular complexity index is 2620. The van der Waals surface area contributed by atoms with Gasteiger partial charge in [-0.1, -0.05) is 23.7 Å². The fourth-order valence-electron chi connectivity index (χ4n) is 8.03.